The third kappa shape index (κ3) is 9.83. The minimum atomic E-state index is 1.15. The second-order valence-corrected chi connectivity index (χ2v) is 20.0. The first kappa shape index (κ1) is 47.6. The SMILES string of the molecule is C(=C(c1ccc(-c2ccccc2)cc1)c1ccc(-c2c3ccccc3c(-c3ccc(C(=Cc4ccc(-c5ccccc5)cc4)c4ccc(-c5ccccc5)cc4)cc3)c3ccccc23)cc1)c1ccc(-c2ccccc2)cc1. The molecular weight excluding hydrogens is 937 g/mol. The molecule has 0 nitrogen and oxygen atoms in total. The molecule has 0 amide bonds. The zero-order chi connectivity index (χ0) is 52.0. The van der Waals surface area contributed by atoms with Crippen LogP contribution < -0.4 is 0 Å². The van der Waals surface area contributed by atoms with Crippen LogP contribution in [0.2, 0.25) is 0 Å². The molecule has 0 spiro atoms. The molecule has 0 saturated heterocycles. The highest BCUT2D eigenvalue weighted by Gasteiger charge is 2.18. The normalized spacial score (nSPS) is 11.7. The lowest BCUT2D eigenvalue weighted by molar-refractivity contribution is 1.53. The van der Waals surface area contributed by atoms with Gasteiger partial charge in [-0.15, -0.1) is 0 Å². The van der Waals surface area contributed by atoms with Gasteiger partial charge in [0.2, 0.25) is 0 Å². The molecule has 0 heteroatoms. The molecule has 0 unspecified atom stereocenters. The number of fused-ring (bicyclic) bond motifs is 2. The molecule has 366 valence electrons. The van der Waals surface area contributed by atoms with Crippen molar-refractivity contribution in [3.05, 3.63) is 349 Å². The van der Waals surface area contributed by atoms with Crippen molar-refractivity contribution in [2.45, 2.75) is 0 Å². The topological polar surface area (TPSA) is 0 Å². The molecule has 78 heavy (non-hydrogen) atoms. The number of rotatable bonds is 12. The summed E-state index contributed by atoms with van der Waals surface area (Å²) in [5, 5.41) is 4.91. The summed E-state index contributed by atoms with van der Waals surface area (Å²) in [6.45, 7) is 0. The van der Waals surface area contributed by atoms with Crippen LogP contribution in [0.5, 0.6) is 0 Å². The van der Waals surface area contributed by atoms with Crippen molar-refractivity contribution < 1.29 is 0 Å². The van der Waals surface area contributed by atoms with Crippen LogP contribution in [0.15, 0.2) is 315 Å². The van der Waals surface area contributed by atoms with Gasteiger partial charge in [0.25, 0.3) is 0 Å². The van der Waals surface area contributed by atoms with Crippen LogP contribution in [0.25, 0.3) is 112 Å². The van der Waals surface area contributed by atoms with Crippen LogP contribution in [-0.4, -0.2) is 0 Å². The standard InChI is InChI=1S/C78H54/c1-5-17-57(18-6-1)61-33-29-55(30-34-61)53-75(65-41-37-63(38-42-65)59-21-9-3-10-22-59)67-45-49-69(50-46-67)77-71-25-13-15-27-73(71)78(74-28-16-14-26-72(74)77)70-51-47-68(48-52-70)76(66-43-39-64(40-44-66)60-23-11-4-12-24-60)54-56-31-35-62(36-32-56)58-19-7-2-8-20-58/h1-54H. The molecule has 0 aliphatic rings. The summed E-state index contributed by atoms with van der Waals surface area (Å²) in [5.41, 5.74) is 23.8. The van der Waals surface area contributed by atoms with Crippen LogP contribution in [0.3, 0.4) is 0 Å². The largest absolute Gasteiger partial charge is 0.0622 e. The highest BCUT2D eigenvalue weighted by Crippen LogP contribution is 2.45. The van der Waals surface area contributed by atoms with Crippen molar-refractivity contribution in [2.24, 2.45) is 0 Å². The van der Waals surface area contributed by atoms with E-state index in [4.69, 9.17) is 0 Å². The van der Waals surface area contributed by atoms with Crippen molar-refractivity contribution in [2.75, 3.05) is 0 Å². The van der Waals surface area contributed by atoms with Crippen molar-refractivity contribution in [3.63, 3.8) is 0 Å². The molecule has 0 radical (unpaired) electrons. The summed E-state index contributed by atoms with van der Waals surface area (Å²) in [6.07, 6.45) is 4.66. The van der Waals surface area contributed by atoms with Gasteiger partial charge in [0.05, 0.1) is 0 Å². The Morgan fingerprint density at radius 1 is 0.167 bits per heavy atom. The van der Waals surface area contributed by atoms with Gasteiger partial charge in [-0.05, 0) is 145 Å². The molecule has 0 bridgehead atoms. The van der Waals surface area contributed by atoms with E-state index >= 15 is 0 Å². The minimum absolute atomic E-state index is 1.15. The van der Waals surface area contributed by atoms with Gasteiger partial charge in [0.1, 0.15) is 0 Å². The van der Waals surface area contributed by atoms with Crippen molar-refractivity contribution >= 4 is 44.8 Å². The second-order valence-electron chi connectivity index (χ2n) is 20.0. The first-order valence-electron chi connectivity index (χ1n) is 26.9. The highest BCUT2D eigenvalue weighted by atomic mass is 14.2. The van der Waals surface area contributed by atoms with E-state index in [0.717, 1.165) is 22.3 Å². The second kappa shape index (κ2) is 21.6. The van der Waals surface area contributed by atoms with Gasteiger partial charge >= 0.3 is 0 Å². The number of benzene rings is 13. The Morgan fingerprint density at radius 2 is 0.359 bits per heavy atom. The van der Waals surface area contributed by atoms with Crippen molar-refractivity contribution in [1.82, 2.24) is 0 Å². The van der Waals surface area contributed by atoms with Crippen LogP contribution in [0.1, 0.15) is 33.4 Å². The fourth-order valence-corrected chi connectivity index (χ4v) is 11.1. The predicted octanol–water partition coefficient (Wildman–Crippen LogP) is 21.2. The Hall–Kier alpha value is -10.1. The van der Waals surface area contributed by atoms with E-state index in [-0.39, 0.29) is 0 Å². The van der Waals surface area contributed by atoms with E-state index < -0.39 is 0 Å². The Bertz CT molecular complexity index is 3890. The molecule has 0 atom stereocenters. The van der Waals surface area contributed by atoms with Crippen LogP contribution >= 0.6 is 0 Å². The molecule has 0 fully saturated rings. The van der Waals surface area contributed by atoms with Gasteiger partial charge in [-0.1, -0.05) is 315 Å². The van der Waals surface area contributed by atoms with Crippen molar-refractivity contribution in [1.29, 1.82) is 0 Å². The minimum Gasteiger partial charge on any atom is -0.0622 e. The maximum absolute atomic E-state index is 2.33. The Labute approximate surface area is 457 Å². The fraction of sp³-hybridized carbons (Fsp3) is 0. The maximum Gasteiger partial charge on any atom is -0.00264 e. The van der Waals surface area contributed by atoms with Gasteiger partial charge in [-0.3, -0.25) is 0 Å². The van der Waals surface area contributed by atoms with Crippen molar-refractivity contribution in [3.8, 4) is 66.8 Å². The lowest BCUT2D eigenvalue weighted by Crippen LogP contribution is -1.93. The van der Waals surface area contributed by atoms with E-state index in [1.54, 1.807) is 0 Å². The summed E-state index contributed by atoms with van der Waals surface area (Å²) in [4.78, 5) is 0. The lowest BCUT2D eigenvalue weighted by Gasteiger charge is -2.19. The van der Waals surface area contributed by atoms with E-state index in [1.165, 1.54) is 111 Å². The molecule has 13 rings (SSSR count). The first-order chi connectivity index (χ1) is 38.7. The molecular formula is C78H54. The van der Waals surface area contributed by atoms with E-state index in [9.17, 15) is 0 Å². The van der Waals surface area contributed by atoms with E-state index in [1.807, 2.05) is 0 Å². The third-order valence-corrected chi connectivity index (χ3v) is 15.2. The van der Waals surface area contributed by atoms with Gasteiger partial charge in [0.15, 0.2) is 0 Å². The quantitative estimate of drug-likeness (QED) is 0.0845. The van der Waals surface area contributed by atoms with Gasteiger partial charge < -0.3 is 0 Å². The van der Waals surface area contributed by atoms with Gasteiger partial charge in [-0.2, -0.15) is 0 Å². The first-order valence-corrected chi connectivity index (χ1v) is 26.9. The Morgan fingerprint density at radius 3 is 0.603 bits per heavy atom. The lowest BCUT2D eigenvalue weighted by atomic mass is 9.85. The maximum atomic E-state index is 2.33. The molecule has 0 heterocycles. The predicted molar refractivity (Wildman–Crippen MR) is 334 cm³/mol. The van der Waals surface area contributed by atoms with E-state index in [0.29, 0.717) is 0 Å². The van der Waals surface area contributed by atoms with E-state index in [2.05, 4.69) is 328 Å². The summed E-state index contributed by atoms with van der Waals surface area (Å²) < 4.78 is 0. The molecule has 13 aromatic carbocycles. The van der Waals surface area contributed by atoms with Gasteiger partial charge in [-0.25, -0.2) is 0 Å². The summed E-state index contributed by atoms with van der Waals surface area (Å²) in [7, 11) is 0. The highest BCUT2D eigenvalue weighted by molar-refractivity contribution is 6.21. The zero-order valence-corrected chi connectivity index (χ0v) is 43.2. The number of hydrogen-bond donors (Lipinski definition) is 0. The third-order valence-electron chi connectivity index (χ3n) is 15.2. The molecule has 0 aliphatic heterocycles. The molecule has 0 aliphatic carbocycles. The van der Waals surface area contributed by atoms with Crippen LogP contribution in [0, 0.1) is 0 Å². The molecule has 13 aromatic rings. The average Bonchev–Trinajstić information content (AvgIpc) is 3.61. The smallest absolute Gasteiger partial charge is 0.00264 e. The zero-order valence-electron chi connectivity index (χ0n) is 43.2. The summed E-state index contributed by atoms with van der Waals surface area (Å²) in [5.74, 6) is 0. The molecule has 0 saturated carbocycles. The summed E-state index contributed by atoms with van der Waals surface area (Å²) in [6, 6.07) is 115. The summed E-state index contributed by atoms with van der Waals surface area (Å²) >= 11 is 0. The van der Waals surface area contributed by atoms with Crippen LogP contribution in [-0.2, 0) is 0 Å². The van der Waals surface area contributed by atoms with Crippen LogP contribution in [0.4, 0.5) is 0 Å². The fourth-order valence-electron chi connectivity index (χ4n) is 11.1. The molecule has 0 N–H and O–H groups in total. The Kier molecular flexibility index (Phi) is 13.2. The monoisotopic (exact) mass is 990 g/mol. The average molecular weight is 991 g/mol. The number of hydrogen-bond acceptors (Lipinski definition) is 0. The van der Waals surface area contributed by atoms with Gasteiger partial charge in [0, 0.05) is 0 Å². The Balaban J connectivity index is 0.872. The molecule has 0 aromatic heterocycles.